The molecule has 0 saturated carbocycles. The molecule has 2 heterocycles. The van der Waals surface area contributed by atoms with Gasteiger partial charge < -0.3 is 0 Å². The van der Waals surface area contributed by atoms with Gasteiger partial charge in [0.2, 0.25) is 0 Å². The van der Waals surface area contributed by atoms with E-state index in [1.165, 1.54) is 191 Å². The third-order valence-corrected chi connectivity index (χ3v) is 9.66. The lowest BCUT2D eigenvalue weighted by molar-refractivity contribution is -0.697. The molecule has 0 aliphatic carbocycles. The molecule has 250 valence electrons. The summed E-state index contributed by atoms with van der Waals surface area (Å²) in [6, 6.07) is 9.16. The third kappa shape index (κ3) is 21.1. The quantitative estimate of drug-likeness (QED) is 0.0596. The molecule has 0 saturated heterocycles. The third-order valence-electron chi connectivity index (χ3n) is 9.66. The van der Waals surface area contributed by atoms with Crippen LogP contribution in [0.15, 0.2) is 49.1 Å². The van der Waals surface area contributed by atoms with Gasteiger partial charge in [0.15, 0.2) is 24.8 Å². The van der Waals surface area contributed by atoms with Gasteiger partial charge in [0.1, 0.15) is 13.1 Å². The van der Waals surface area contributed by atoms with Crippen LogP contribution in [0.25, 0.3) is 11.1 Å². The van der Waals surface area contributed by atoms with E-state index >= 15 is 0 Å². The van der Waals surface area contributed by atoms with Crippen molar-refractivity contribution in [2.75, 3.05) is 0 Å². The van der Waals surface area contributed by atoms with Crippen LogP contribution in [0, 0.1) is 0 Å². The maximum atomic E-state index is 2.36. The smallest absolute Gasteiger partial charge is 0.169 e. The summed E-state index contributed by atoms with van der Waals surface area (Å²) in [5.74, 6) is 0. The van der Waals surface area contributed by atoms with Gasteiger partial charge in [-0.1, -0.05) is 168 Å². The molecule has 0 unspecified atom stereocenters. The normalized spacial score (nSPS) is 11.4. The summed E-state index contributed by atoms with van der Waals surface area (Å²) >= 11 is 0. The van der Waals surface area contributed by atoms with Crippen molar-refractivity contribution in [3.8, 4) is 11.1 Å². The molecule has 0 amide bonds. The number of pyridine rings is 2. The summed E-state index contributed by atoms with van der Waals surface area (Å²) < 4.78 is 4.73. The van der Waals surface area contributed by atoms with Crippen molar-refractivity contribution in [1.29, 1.82) is 0 Å². The maximum absolute atomic E-state index is 2.36. The average molecular weight is 607 g/mol. The van der Waals surface area contributed by atoms with E-state index in [2.05, 4.69) is 72.0 Å². The highest BCUT2D eigenvalue weighted by Crippen LogP contribution is 2.17. The topological polar surface area (TPSA) is 7.76 Å². The van der Waals surface area contributed by atoms with Crippen molar-refractivity contribution in [3.05, 3.63) is 49.1 Å². The maximum Gasteiger partial charge on any atom is 0.169 e. The SMILES string of the molecule is CCCCCCCCCCCCCCCC[n+]1ccc(-c2cc[n+](CCCCCCCCCCCCCCCC)cc2)cc1. The predicted molar refractivity (Wildman–Crippen MR) is 193 cm³/mol. The summed E-state index contributed by atoms with van der Waals surface area (Å²) in [5.41, 5.74) is 2.65. The molecule has 0 atom stereocenters. The van der Waals surface area contributed by atoms with Crippen LogP contribution >= 0.6 is 0 Å². The number of unbranched alkanes of at least 4 members (excludes halogenated alkanes) is 26. The van der Waals surface area contributed by atoms with Gasteiger partial charge in [0.25, 0.3) is 0 Å². The summed E-state index contributed by atoms with van der Waals surface area (Å²) in [4.78, 5) is 0. The number of hydrogen-bond acceptors (Lipinski definition) is 0. The van der Waals surface area contributed by atoms with Crippen LogP contribution in [0.1, 0.15) is 194 Å². The van der Waals surface area contributed by atoms with Crippen LogP contribution in [0.2, 0.25) is 0 Å². The van der Waals surface area contributed by atoms with Crippen molar-refractivity contribution in [3.63, 3.8) is 0 Å². The van der Waals surface area contributed by atoms with Gasteiger partial charge in [-0.05, 0) is 24.0 Å². The molecule has 2 rings (SSSR count). The highest BCUT2D eigenvalue weighted by Gasteiger charge is 2.06. The Hall–Kier alpha value is -1.70. The van der Waals surface area contributed by atoms with Crippen LogP contribution in [-0.2, 0) is 13.1 Å². The van der Waals surface area contributed by atoms with E-state index in [-0.39, 0.29) is 0 Å². The Morgan fingerprint density at radius 3 is 0.727 bits per heavy atom. The zero-order valence-corrected chi connectivity index (χ0v) is 29.7. The van der Waals surface area contributed by atoms with Gasteiger partial charge in [-0.25, -0.2) is 9.13 Å². The summed E-state index contributed by atoms with van der Waals surface area (Å²) in [7, 11) is 0. The van der Waals surface area contributed by atoms with E-state index in [0.29, 0.717) is 0 Å². The molecule has 0 radical (unpaired) electrons. The number of nitrogens with zero attached hydrogens (tertiary/aromatic N) is 2. The minimum absolute atomic E-state index is 1.15. The fourth-order valence-corrected chi connectivity index (χ4v) is 6.58. The van der Waals surface area contributed by atoms with Gasteiger partial charge in [-0.15, -0.1) is 0 Å². The molecule has 0 aliphatic rings. The second-order valence-corrected chi connectivity index (χ2v) is 13.8. The Morgan fingerprint density at radius 2 is 0.500 bits per heavy atom. The molecule has 2 aromatic heterocycles. The Morgan fingerprint density at radius 1 is 0.295 bits per heavy atom. The Labute approximate surface area is 275 Å². The first-order valence-corrected chi connectivity index (χ1v) is 19.8. The standard InChI is InChI=1S/C42H74N2/c1-3-5-7-9-11-13-15-17-19-21-23-25-27-29-35-43-37-31-41(32-38-43)42-33-39-44(40-34-42)36-30-28-26-24-22-20-18-16-14-12-10-8-6-4-2/h31-34,37-40H,3-30,35-36H2,1-2H3/q+2. The molecule has 0 fully saturated rings. The van der Waals surface area contributed by atoms with Crippen molar-refractivity contribution in [1.82, 2.24) is 0 Å². The molecular formula is C42H74N2+2. The molecule has 0 N–H and O–H groups in total. The first kappa shape index (κ1) is 38.5. The predicted octanol–water partition coefficient (Wildman–Crippen LogP) is 12.9. The lowest BCUT2D eigenvalue weighted by Gasteiger charge is -2.04. The zero-order chi connectivity index (χ0) is 31.2. The second kappa shape index (κ2) is 28.8. The van der Waals surface area contributed by atoms with Crippen molar-refractivity contribution >= 4 is 0 Å². The Balaban J connectivity index is 1.43. The van der Waals surface area contributed by atoms with E-state index in [9.17, 15) is 0 Å². The highest BCUT2D eigenvalue weighted by atomic mass is 14.9. The Bertz CT molecular complexity index is 783. The van der Waals surface area contributed by atoms with Crippen LogP contribution in [0.4, 0.5) is 0 Å². The number of aromatic nitrogens is 2. The van der Waals surface area contributed by atoms with E-state index in [1.54, 1.807) is 0 Å². The van der Waals surface area contributed by atoms with Gasteiger partial charge >= 0.3 is 0 Å². The van der Waals surface area contributed by atoms with Crippen LogP contribution in [0.5, 0.6) is 0 Å². The van der Waals surface area contributed by atoms with Crippen molar-refractivity contribution in [2.24, 2.45) is 0 Å². The average Bonchev–Trinajstić information content (AvgIpc) is 3.05. The summed E-state index contributed by atoms with van der Waals surface area (Å²) in [6.07, 6.45) is 48.9. The van der Waals surface area contributed by atoms with Gasteiger partial charge in [0, 0.05) is 37.1 Å². The van der Waals surface area contributed by atoms with Crippen LogP contribution in [-0.4, -0.2) is 0 Å². The summed E-state index contributed by atoms with van der Waals surface area (Å²) in [6.45, 7) is 6.89. The molecule has 0 spiro atoms. The van der Waals surface area contributed by atoms with E-state index in [4.69, 9.17) is 0 Å². The zero-order valence-electron chi connectivity index (χ0n) is 29.7. The van der Waals surface area contributed by atoms with E-state index in [0.717, 1.165) is 13.1 Å². The lowest BCUT2D eigenvalue weighted by Crippen LogP contribution is -2.33. The number of aryl methyl sites for hydroxylation is 2. The summed E-state index contributed by atoms with van der Waals surface area (Å²) in [5, 5.41) is 0. The van der Waals surface area contributed by atoms with Gasteiger partial charge in [0.05, 0.1) is 0 Å². The van der Waals surface area contributed by atoms with E-state index in [1.807, 2.05) is 0 Å². The first-order valence-electron chi connectivity index (χ1n) is 19.8. The largest absolute Gasteiger partial charge is 0.205 e. The second-order valence-electron chi connectivity index (χ2n) is 13.8. The van der Waals surface area contributed by atoms with Crippen LogP contribution in [0.3, 0.4) is 0 Å². The highest BCUT2D eigenvalue weighted by molar-refractivity contribution is 5.60. The molecule has 2 aromatic rings. The fourth-order valence-electron chi connectivity index (χ4n) is 6.58. The molecule has 2 nitrogen and oxygen atoms in total. The van der Waals surface area contributed by atoms with Crippen molar-refractivity contribution in [2.45, 2.75) is 207 Å². The lowest BCUT2D eigenvalue weighted by atomic mass is 10.0. The molecule has 0 bridgehead atoms. The molecule has 0 aromatic carbocycles. The molecular weight excluding hydrogens is 532 g/mol. The number of rotatable bonds is 31. The minimum Gasteiger partial charge on any atom is -0.205 e. The van der Waals surface area contributed by atoms with Crippen LogP contribution < -0.4 is 9.13 Å². The molecule has 44 heavy (non-hydrogen) atoms. The first-order chi connectivity index (χ1) is 21.8. The van der Waals surface area contributed by atoms with Gasteiger partial charge in [-0.2, -0.15) is 0 Å². The van der Waals surface area contributed by atoms with Crippen molar-refractivity contribution < 1.29 is 9.13 Å². The molecule has 0 aliphatic heterocycles. The number of hydrogen-bond donors (Lipinski definition) is 0. The fraction of sp³-hybridized carbons (Fsp3) is 0.762. The van der Waals surface area contributed by atoms with E-state index < -0.39 is 0 Å². The molecule has 2 heteroatoms. The Kier molecular flexibility index (Phi) is 25.1. The monoisotopic (exact) mass is 607 g/mol. The minimum atomic E-state index is 1.15. The van der Waals surface area contributed by atoms with Gasteiger partial charge in [-0.3, -0.25) is 0 Å².